The van der Waals surface area contributed by atoms with E-state index >= 15 is 0 Å². The third-order valence-electron chi connectivity index (χ3n) is 2.80. The van der Waals surface area contributed by atoms with Gasteiger partial charge >= 0.3 is 5.97 Å². The Labute approximate surface area is 139 Å². The number of hydrogen-bond donors (Lipinski definition) is 1. The highest BCUT2D eigenvalue weighted by molar-refractivity contribution is 9.14. The number of halogens is 3. The van der Waals surface area contributed by atoms with Crippen LogP contribution in [-0.4, -0.2) is 25.0 Å². The molecule has 1 heterocycles. The van der Waals surface area contributed by atoms with Gasteiger partial charge in [0, 0.05) is 0 Å². The summed E-state index contributed by atoms with van der Waals surface area (Å²) in [4.78, 5) is 24.4. The van der Waals surface area contributed by atoms with Crippen molar-refractivity contribution in [1.29, 1.82) is 0 Å². The lowest BCUT2D eigenvalue weighted by atomic mass is 10.2. The molecule has 1 N–H and O–H groups in total. The number of hydrogen-bond acceptors (Lipinski definition) is 4. The Balaban J connectivity index is 2.15. The van der Waals surface area contributed by atoms with E-state index in [1.807, 2.05) is 0 Å². The van der Waals surface area contributed by atoms with Crippen molar-refractivity contribution in [2.75, 3.05) is 7.11 Å². The monoisotopic (exact) mass is 473 g/mol. The highest BCUT2D eigenvalue weighted by atomic mass is 79.9. The summed E-state index contributed by atoms with van der Waals surface area (Å²) >= 11 is 11.4. The first-order valence-corrected chi connectivity index (χ1v) is 8.67. The predicted octanol–water partition coefficient (Wildman–Crippen LogP) is 3.72. The van der Waals surface area contributed by atoms with Crippen LogP contribution in [0, 0.1) is 5.92 Å². The Morgan fingerprint density at radius 3 is 2.37 bits per heavy atom. The molecular formula is C11H10Br3NO3S. The molecule has 1 aliphatic carbocycles. The number of amides is 1. The normalized spacial score (nSPS) is 16.0. The molecule has 104 valence electrons. The van der Waals surface area contributed by atoms with Gasteiger partial charge in [-0.25, -0.2) is 4.79 Å². The highest BCUT2D eigenvalue weighted by Crippen LogP contribution is 2.41. The smallest absolute Gasteiger partial charge is 0.328 e. The van der Waals surface area contributed by atoms with E-state index in [0.29, 0.717) is 9.35 Å². The Morgan fingerprint density at radius 2 is 1.95 bits per heavy atom. The number of carbonyl (C=O) groups is 2. The lowest BCUT2D eigenvalue weighted by molar-refractivity contribution is -0.143. The van der Waals surface area contributed by atoms with E-state index in [1.54, 1.807) is 0 Å². The van der Waals surface area contributed by atoms with E-state index in [0.717, 1.165) is 21.1 Å². The molecule has 0 saturated heterocycles. The largest absolute Gasteiger partial charge is 0.467 e. The van der Waals surface area contributed by atoms with Crippen molar-refractivity contribution in [2.24, 2.45) is 5.92 Å². The van der Waals surface area contributed by atoms with Crippen LogP contribution < -0.4 is 5.32 Å². The molecule has 19 heavy (non-hydrogen) atoms. The first-order valence-electron chi connectivity index (χ1n) is 5.47. The zero-order valence-corrected chi connectivity index (χ0v) is 15.4. The summed E-state index contributed by atoms with van der Waals surface area (Å²) in [5.74, 6) is -0.464. The highest BCUT2D eigenvalue weighted by Gasteiger charge is 2.38. The topological polar surface area (TPSA) is 55.4 Å². The van der Waals surface area contributed by atoms with Gasteiger partial charge in [-0.3, -0.25) is 4.79 Å². The quantitative estimate of drug-likeness (QED) is 0.675. The van der Waals surface area contributed by atoms with Crippen molar-refractivity contribution in [1.82, 2.24) is 5.32 Å². The van der Waals surface area contributed by atoms with E-state index < -0.39 is 6.04 Å². The molecule has 0 aromatic carbocycles. The average molecular weight is 476 g/mol. The van der Waals surface area contributed by atoms with Crippen LogP contribution in [-0.2, 0) is 9.53 Å². The molecule has 2 rings (SSSR count). The molecule has 1 amide bonds. The van der Waals surface area contributed by atoms with E-state index in [-0.39, 0.29) is 17.8 Å². The molecule has 1 aromatic heterocycles. The Bertz CT molecular complexity index is 528. The van der Waals surface area contributed by atoms with Crippen molar-refractivity contribution in [3.05, 3.63) is 17.6 Å². The molecule has 1 atom stereocenters. The lowest BCUT2D eigenvalue weighted by Crippen LogP contribution is -2.42. The van der Waals surface area contributed by atoms with Crippen LogP contribution in [0.3, 0.4) is 0 Å². The molecular weight excluding hydrogens is 466 g/mol. The van der Waals surface area contributed by atoms with Crippen LogP contribution in [0.25, 0.3) is 0 Å². The van der Waals surface area contributed by atoms with Crippen LogP contribution in [0.2, 0.25) is 0 Å². The summed E-state index contributed by atoms with van der Waals surface area (Å²) in [6.45, 7) is 0. The number of esters is 1. The van der Waals surface area contributed by atoms with Crippen LogP contribution in [0.5, 0.6) is 0 Å². The maximum absolute atomic E-state index is 12.2. The first kappa shape index (κ1) is 15.5. The number of carbonyl (C=O) groups excluding carboxylic acids is 2. The Morgan fingerprint density at radius 1 is 1.32 bits per heavy atom. The van der Waals surface area contributed by atoms with Gasteiger partial charge in [-0.05, 0) is 66.5 Å². The SMILES string of the molecule is COC(=O)[C@@H](NC(=O)c1sc(Br)c(Br)c1Br)C1CC1. The molecule has 1 saturated carbocycles. The summed E-state index contributed by atoms with van der Waals surface area (Å²) in [7, 11) is 1.33. The van der Waals surface area contributed by atoms with Gasteiger partial charge in [0.05, 0.1) is 19.8 Å². The molecule has 0 bridgehead atoms. The zero-order valence-electron chi connectivity index (χ0n) is 9.84. The van der Waals surface area contributed by atoms with Crippen molar-refractivity contribution in [3.63, 3.8) is 0 Å². The van der Waals surface area contributed by atoms with Crippen molar-refractivity contribution >= 4 is 71.0 Å². The van der Waals surface area contributed by atoms with Crippen LogP contribution >= 0.6 is 59.1 Å². The van der Waals surface area contributed by atoms with Gasteiger partial charge in [0.15, 0.2) is 0 Å². The third-order valence-corrected chi connectivity index (χ3v) is 7.83. The Hall–Kier alpha value is 0.0800. The predicted molar refractivity (Wildman–Crippen MR) is 83.4 cm³/mol. The van der Waals surface area contributed by atoms with E-state index in [4.69, 9.17) is 4.74 Å². The number of ether oxygens (including phenoxy) is 1. The van der Waals surface area contributed by atoms with Crippen molar-refractivity contribution in [3.8, 4) is 0 Å². The van der Waals surface area contributed by atoms with E-state index in [9.17, 15) is 9.59 Å². The van der Waals surface area contributed by atoms with Gasteiger partial charge in [0.25, 0.3) is 5.91 Å². The molecule has 1 aliphatic rings. The van der Waals surface area contributed by atoms with Gasteiger partial charge in [0.1, 0.15) is 10.9 Å². The fraction of sp³-hybridized carbons (Fsp3) is 0.455. The number of nitrogens with one attached hydrogen (secondary N) is 1. The minimum Gasteiger partial charge on any atom is -0.467 e. The van der Waals surface area contributed by atoms with Gasteiger partial charge in [0.2, 0.25) is 0 Å². The summed E-state index contributed by atoms with van der Waals surface area (Å²) in [5.41, 5.74) is 0. The molecule has 0 spiro atoms. The molecule has 4 nitrogen and oxygen atoms in total. The molecule has 1 fully saturated rings. The lowest BCUT2D eigenvalue weighted by Gasteiger charge is -2.15. The minimum atomic E-state index is -0.552. The number of thiophene rings is 1. The fourth-order valence-electron chi connectivity index (χ4n) is 1.64. The second-order valence-corrected chi connectivity index (χ2v) is 8.07. The molecule has 0 radical (unpaired) electrons. The van der Waals surface area contributed by atoms with Crippen molar-refractivity contribution < 1.29 is 14.3 Å². The molecule has 1 aromatic rings. The first-order chi connectivity index (χ1) is 8.95. The summed E-state index contributed by atoms with van der Waals surface area (Å²) in [6, 6.07) is -0.552. The molecule has 8 heteroatoms. The molecule has 0 aliphatic heterocycles. The van der Waals surface area contributed by atoms with Crippen LogP contribution in [0.4, 0.5) is 0 Å². The van der Waals surface area contributed by atoms with E-state index in [2.05, 4.69) is 53.1 Å². The summed E-state index contributed by atoms with van der Waals surface area (Å²) in [5, 5.41) is 2.75. The van der Waals surface area contributed by atoms with Gasteiger partial charge < -0.3 is 10.1 Å². The fourth-order valence-corrected chi connectivity index (χ4v) is 4.63. The van der Waals surface area contributed by atoms with Gasteiger partial charge in [-0.1, -0.05) is 0 Å². The standard InChI is InChI=1S/C11H10Br3NO3S/c1-18-11(17)7(4-2-3-4)15-10(16)8-5(12)6(13)9(14)19-8/h4,7H,2-3H2,1H3,(H,15,16)/t7-/m0/s1. The average Bonchev–Trinajstić information content (AvgIpc) is 3.19. The number of methoxy groups -OCH3 is 1. The third kappa shape index (κ3) is 3.40. The second kappa shape index (κ2) is 6.24. The minimum absolute atomic E-state index is 0.196. The summed E-state index contributed by atoms with van der Waals surface area (Å²) in [6.07, 6.45) is 1.89. The van der Waals surface area contributed by atoms with Crippen LogP contribution in [0.15, 0.2) is 12.7 Å². The van der Waals surface area contributed by atoms with E-state index in [1.165, 1.54) is 18.4 Å². The van der Waals surface area contributed by atoms with Crippen LogP contribution in [0.1, 0.15) is 22.5 Å². The number of rotatable bonds is 4. The van der Waals surface area contributed by atoms with Gasteiger partial charge in [-0.2, -0.15) is 0 Å². The van der Waals surface area contributed by atoms with Gasteiger partial charge in [-0.15, -0.1) is 11.3 Å². The maximum Gasteiger partial charge on any atom is 0.328 e. The molecule has 0 unspecified atom stereocenters. The summed E-state index contributed by atoms with van der Waals surface area (Å²) < 4.78 is 7.03. The second-order valence-electron chi connectivity index (χ2n) is 4.14. The van der Waals surface area contributed by atoms with Crippen molar-refractivity contribution in [2.45, 2.75) is 18.9 Å². The zero-order chi connectivity index (χ0) is 14.2. The maximum atomic E-state index is 12.2. The Kier molecular flexibility index (Phi) is 5.08.